The van der Waals surface area contributed by atoms with E-state index in [-0.39, 0.29) is 5.91 Å². The van der Waals surface area contributed by atoms with Crippen LogP contribution in [-0.4, -0.2) is 58.0 Å². The van der Waals surface area contributed by atoms with Crippen molar-refractivity contribution >= 4 is 27.5 Å². The lowest BCUT2D eigenvalue weighted by Crippen LogP contribution is -2.48. The molecule has 0 aliphatic carbocycles. The third-order valence-corrected chi connectivity index (χ3v) is 6.19. The van der Waals surface area contributed by atoms with Crippen LogP contribution in [0.3, 0.4) is 0 Å². The fourth-order valence-corrected chi connectivity index (χ4v) is 4.97. The Labute approximate surface area is 157 Å². The molecule has 5 nitrogen and oxygen atoms in total. The monoisotopic (exact) mass is 368 g/mol. The predicted octanol–water partition coefficient (Wildman–Crippen LogP) is 3.48. The Morgan fingerprint density at radius 2 is 1.85 bits per heavy atom. The number of likely N-dealkylation sites (N-methyl/N-ethyl adjacent to an activating group) is 1. The number of hydrogen-bond donors (Lipinski definition) is 0. The molecule has 0 bridgehead atoms. The van der Waals surface area contributed by atoms with Crippen molar-refractivity contribution in [2.75, 3.05) is 32.7 Å². The fourth-order valence-electron chi connectivity index (χ4n) is 3.71. The second kappa shape index (κ2) is 6.85. The van der Waals surface area contributed by atoms with Gasteiger partial charge in [-0.25, -0.2) is 4.98 Å². The molecule has 0 radical (unpaired) electrons. The molecule has 0 saturated carbocycles. The summed E-state index contributed by atoms with van der Waals surface area (Å²) in [4.78, 5) is 24.2. The zero-order valence-corrected chi connectivity index (χ0v) is 16.3. The lowest BCUT2D eigenvalue weighted by molar-refractivity contribution is 0.0648. The van der Waals surface area contributed by atoms with Crippen LogP contribution in [0.2, 0.25) is 0 Å². The summed E-state index contributed by atoms with van der Waals surface area (Å²) in [5.74, 6) is 0.129. The number of carbonyl (C=O) groups excluding carboxylic acids is 1. The van der Waals surface area contributed by atoms with Crippen molar-refractivity contribution < 1.29 is 4.79 Å². The van der Waals surface area contributed by atoms with Crippen LogP contribution in [0.1, 0.15) is 27.9 Å². The zero-order valence-electron chi connectivity index (χ0n) is 15.5. The molecule has 4 rings (SSSR count). The quantitative estimate of drug-likeness (QED) is 0.711. The van der Waals surface area contributed by atoms with Crippen molar-refractivity contribution in [2.24, 2.45) is 0 Å². The highest BCUT2D eigenvalue weighted by Gasteiger charge is 2.27. The number of nitrogens with zero attached hydrogens (tertiary/aromatic N) is 4. The third-order valence-electron chi connectivity index (χ3n) is 5.13. The number of aromatic nitrogens is 2. The second-order valence-corrected chi connectivity index (χ2v) is 7.86. The molecule has 0 atom stereocenters. The number of fused-ring (bicyclic) bond motifs is 1. The summed E-state index contributed by atoms with van der Waals surface area (Å²) in [6.45, 7) is 10.8. The molecule has 6 heteroatoms. The fraction of sp³-hybridized carbons (Fsp3) is 0.400. The van der Waals surface area contributed by atoms with Crippen molar-refractivity contribution in [3.8, 4) is 5.69 Å². The van der Waals surface area contributed by atoms with E-state index in [1.807, 2.05) is 36.4 Å². The second-order valence-electron chi connectivity index (χ2n) is 6.86. The van der Waals surface area contributed by atoms with Crippen molar-refractivity contribution in [3.63, 3.8) is 0 Å². The summed E-state index contributed by atoms with van der Waals surface area (Å²) in [6.07, 6.45) is 4.01. The number of amides is 1. The molecule has 3 aromatic heterocycles. The molecular formula is C20H24N4OS. The summed E-state index contributed by atoms with van der Waals surface area (Å²) in [5.41, 5.74) is 3.14. The van der Waals surface area contributed by atoms with Gasteiger partial charge in [-0.3, -0.25) is 4.79 Å². The highest BCUT2D eigenvalue weighted by atomic mass is 32.1. The van der Waals surface area contributed by atoms with Crippen LogP contribution >= 0.6 is 11.3 Å². The van der Waals surface area contributed by atoms with Crippen molar-refractivity contribution in [2.45, 2.75) is 20.8 Å². The molecule has 1 aliphatic heterocycles. The van der Waals surface area contributed by atoms with Crippen molar-refractivity contribution in [1.29, 1.82) is 0 Å². The number of carbonyl (C=O) groups is 1. The van der Waals surface area contributed by atoms with E-state index in [1.54, 1.807) is 0 Å². The highest BCUT2D eigenvalue weighted by Crippen LogP contribution is 2.36. The molecule has 3 aromatic rings. The van der Waals surface area contributed by atoms with Gasteiger partial charge < -0.3 is 14.4 Å². The van der Waals surface area contributed by atoms with Gasteiger partial charge in [0.2, 0.25) is 0 Å². The average Bonchev–Trinajstić information content (AvgIpc) is 3.28. The number of piperazine rings is 1. The highest BCUT2D eigenvalue weighted by molar-refractivity contribution is 7.21. The first kappa shape index (κ1) is 17.2. The van der Waals surface area contributed by atoms with E-state index in [0.717, 1.165) is 59.2 Å². The van der Waals surface area contributed by atoms with Crippen LogP contribution in [0, 0.1) is 13.8 Å². The maximum absolute atomic E-state index is 13.4. The minimum Gasteiger partial charge on any atom is -0.335 e. The number of rotatable bonds is 3. The maximum Gasteiger partial charge on any atom is 0.266 e. The molecule has 26 heavy (non-hydrogen) atoms. The van der Waals surface area contributed by atoms with Crippen LogP contribution in [0.4, 0.5) is 0 Å². The number of aryl methyl sites for hydroxylation is 2. The van der Waals surface area contributed by atoms with Gasteiger partial charge in [-0.1, -0.05) is 6.92 Å². The first-order valence-electron chi connectivity index (χ1n) is 9.14. The van der Waals surface area contributed by atoms with E-state index < -0.39 is 0 Å². The molecule has 0 unspecified atom stereocenters. The lowest BCUT2D eigenvalue weighted by Gasteiger charge is -2.34. The minimum atomic E-state index is 0.129. The van der Waals surface area contributed by atoms with E-state index in [1.165, 1.54) is 16.9 Å². The Bertz CT molecular complexity index is 937. The summed E-state index contributed by atoms with van der Waals surface area (Å²) >= 11 is 1.52. The number of pyridine rings is 1. The van der Waals surface area contributed by atoms with Gasteiger partial charge in [-0.05, 0) is 44.2 Å². The maximum atomic E-state index is 13.4. The molecular weight excluding hydrogens is 344 g/mol. The van der Waals surface area contributed by atoms with E-state index in [4.69, 9.17) is 4.98 Å². The molecule has 0 aromatic carbocycles. The molecule has 1 amide bonds. The zero-order chi connectivity index (χ0) is 18.3. The SMILES string of the molecule is CCN1CCN(C(=O)c2sc3nc(C)cc(C)c3c2-n2cccc2)CC1. The van der Waals surface area contributed by atoms with E-state index in [0.29, 0.717) is 0 Å². The molecule has 1 saturated heterocycles. The van der Waals surface area contributed by atoms with E-state index >= 15 is 0 Å². The smallest absolute Gasteiger partial charge is 0.266 e. The first-order chi connectivity index (χ1) is 12.6. The van der Waals surface area contributed by atoms with E-state index in [9.17, 15) is 4.79 Å². The van der Waals surface area contributed by atoms with Gasteiger partial charge in [0.15, 0.2) is 0 Å². The van der Waals surface area contributed by atoms with Gasteiger partial charge in [-0.15, -0.1) is 11.3 Å². The van der Waals surface area contributed by atoms with Gasteiger partial charge in [0.25, 0.3) is 5.91 Å². The van der Waals surface area contributed by atoms with Crippen LogP contribution in [0.5, 0.6) is 0 Å². The van der Waals surface area contributed by atoms with Gasteiger partial charge in [0.05, 0.1) is 5.69 Å². The van der Waals surface area contributed by atoms with Gasteiger partial charge in [0, 0.05) is 49.7 Å². The minimum absolute atomic E-state index is 0.129. The van der Waals surface area contributed by atoms with E-state index in [2.05, 4.69) is 29.4 Å². The molecule has 0 N–H and O–H groups in total. The summed E-state index contributed by atoms with van der Waals surface area (Å²) < 4.78 is 2.05. The lowest BCUT2D eigenvalue weighted by atomic mass is 10.1. The van der Waals surface area contributed by atoms with Crippen LogP contribution in [0.25, 0.3) is 15.9 Å². The summed E-state index contributed by atoms with van der Waals surface area (Å²) in [5, 5.41) is 1.09. The van der Waals surface area contributed by atoms with Crippen molar-refractivity contribution in [3.05, 3.63) is 46.7 Å². The average molecular weight is 369 g/mol. The Kier molecular flexibility index (Phi) is 4.54. The van der Waals surface area contributed by atoms with Gasteiger partial charge >= 0.3 is 0 Å². The number of thiophene rings is 1. The van der Waals surface area contributed by atoms with Crippen LogP contribution in [-0.2, 0) is 0 Å². The normalized spacial score (nSPS) is 15.7. The third kappa shape index (κ3) is 2.93. The summed E-state index contributed by atoms with van der Waals surface area (Å²) in [6, 6.07) is 6.08. The topological polar surface area (TPSA) is 41.4 Å². The Morgan fingerprint density at radius 1 is 1.15 bits per heavy atom. The first-order valence-corrected chi connectivity index (χ1v) is 9.96. The molecule has 1 aliphatic rings. The van der Waals surface area contributed by atoms with Crippen LogP contribution in [0.15, 0.2) is 30.6 Å². The molecule has 0 spiro atoms. The van der Waals surface area contributed by atoms with Crippen molar-refractivity contribution in [1.82, 2.24) is 19.4 Å². The number of hydrogen-bond acceptors (Lipinski definition) is 4. The predicted molar refractivity (Wildman–Crippen MR) is 106 cm³/mol. The summed E-state index contributed by atoms with van der Waals surface area (Å²) in [7, 11) is 0. The van der Waals surface area contributed by atoms with Gasteiger partial charge in [0.1, 0.15) is 9.71 Å². The Hall–Kier alpha value is -2.18. The largest absolute Gasteiger partial charge is 0.335 e. The van der Waals surface area contributed by atoms with Gasteiger partial charge in [-0.2, -0.15) is 0 Å². The Morgan fingerprint density at radius 3 is 2.50 bits per heavy atom. The molecule has 136 valence electrons. The standard InChI is InChI=1S/C20H24N4OS/c1-4-22-9-11-24(12-10-22)20(25)18-17(23-7-5-6-8-23)16-14(2)13-15(3)21-19(16)26-18/h5-8,13H,4,9-12H2,1-3H3. The van der Waals surface area contributed by atoms with Crippen LogP contribution < -0.4 is 0 Å². The molecule has 4 heterocycles. The molecule has 1 fully saturated rings. The Balaban J connectivity index is 1.81.